The van der Waals surface area contributed by atoms with Crippen LogP contribution >= 0.6 is 0 Å². The molecular weight excluding hydrogens is 214 g/mol. The lowest BCUT2D eigenvalue weighted by Gasteiger charge is -2.36. The quantitative estimate of drug-likeness (QED) is 0.757. The van der Waals surface area contributed by atoms with Crippen molar-refractivity contribution in [3.63, 3.8) is 0 Å². The predicted molar refractivity (Wildman–Crippen MR) is 70.2 cm³/mol. The lowest BCUT2D eigenvalue weighted by atomic mass is 9.90. The van der Waals surface area contributed by atoms with E-state index in [2.05, 4.69) is 26.1 Å². The second-order valence-electron chi connectivity index (χ2n) is 4.66. The Bertz CT molecular complexity index is 291. The summed E-state index contributed by atoms with van der Waals surface area (Å²) in [7, 11) is 1.78. The summed E-state index contributed by atoms with van der Waals surface area (Å²) in [6, 6.07) is 4.23. The topological polar surface area (TPSA) is 34.4 Å². The molecule has 0 aliphatic carbocycles. The van der Waals surface area contributed by atoms with Gasteiger partial charge in [0.2, 0.25) is 0 Å². The summed E-state index contributed by atoms with van der Waals surface area (Å²) in [6.07, 6.45) is 4.69. The van der Waals surface area contributed by atoms with Gasteiger partial charge in [-0.3, -0.25) is 0 Å². The standard InChI is InChI=1S/C14H25NO2/c1-5-9-15-13(14(3,6-2)16-4)11-12-8-7-10-17-12/h7-8,10,13,15H,5-6,9,11H2,1-4H3. The predicted octanol–water partition coefficient (Wildman–Crippen LogP) is 3.01. The van der Waals surface area contributed by atoms with Gasteiger partial charge in [-0.05, 0) is 38.4 Å². The second-order valence-corrected chi connectivity index (χ2v) is 4.66. The Morgan fingerprint density at radius 3 is 2.71 bits per heavy atom. The maximum absolute atomic E-state index is 5.69. The zero-order valence-electron chi connectivity index (χ0n) is 11.5. The fraction of sp³-hybridized carbons (Fsp3) is 0.714. The summed E-state index contributed by atoms with van der Waals surface area (Å²) in [6.45, 7) is 7.49. The molecule has 3 heteroatoms. The molecule has 98 valence electrons. The minimum atomic E-state index is -0.151. The number of hydrogen-bond acceptors (Lipinski definition) is 3. The molecule has 0 saturated heterocycles. The molecule has 0 spiro atoms. The van der Waals surface area contributed by atoms with Crippen LogP contribution in [0.25, 0.3) is 0 Å². The Kier molecular flexibility index (Phi) is 5.72. The molecule has 0 fully saturated rings. The maximum atomic E-state index is 5.69. The van der Waals surface area contributed by atoms with Crippen molar-refractivity contribution in [2.24, 2.45) is 0 Å². The van der Waals surface area contributed by atoms with E-state index in [1.807, 2.05) is 12.1 Å². The number of furan rings is 1. The molecule has 1 rings (SSSR count). The smallest absolute Gasteiger partial charge is 0.105 e. The van der Waals surface area contributed by atoms with E-state index in [0.29, 0.717) is 0 Å². The average molecular weight is 239 g/mol. The van der Waals surface area contributed by atoms with Crippen LogP contribution in [-0.2, 0) is 11.2 Å². The first-order valence-corrected chi connectivity index (χ1v) is 6.47. The Morgan fingerprint density at radius 2 is 2.24 bits per heavy atom. The lowest BCUT2D eigenvalue weighted by Crippen LogP contribution is -2.51. The van der Waals surface area contributed by atoms with Crippen molar-refractivity contribution in [1.82, 2.24) is 5.32 Å². The van der Waals surface area contributed by atoms with Crippen LogP contribution in [0.4, 0.5) is 0 Å². The van der Waals surface area contributed by atoms with Crippen LogP contribution in [0.5, 0.6) is 0 Å². The molecule has 2 atom stereocenters. The fourth-order valence-corrected chi connectivity index (χ4v) is 1.99. The Balaban J connectivity index is 2.71. The molecular formula is C14H25NO2. The van der Waals surface area contributed by atoms with Crippen molar-refractivity contribution in [2.45, 2.75) is 51.7 Å². The van der Waals surface area contributed by atoms with Crippen molar-refractivity contribution < 1.29 is 9.15 Å². The lowest BCUT2D eigenvalue weighted by molar-refractivity contribution is -0.0298. The third-order valence-corrected chi connectivity index (χ3v) is 3.53. The SMILES string of the molecule is CCCNC(Cc1ccco1)C(C)(CC)OC. The highest BCUT2D eigenvalue weighted by Crippen LogP contribution is 2.22. The van der Waals surface area contributed by atoms with Gasteiger partial charge in [0.25, 0.3) is 0 Å². The highest BCUT2D eigenvalue weighted by atomic mass is 16.5. The van der Waals surface area contributed by atoms with E-state index in [4.69, 9.17) is 9.15 Å². The number of hydrogen-bond donors (Lipinski definition) is 1. The zero-order valence-corrected chi connectivity index (χ0v) is 11.5. The third-order valence-electron chi connectivity index (χ3n) is 3.53. The number of rotatable bonds is 8. The van der Waals surface area contributed by atoms with Gasteiger partial charge in [-0.15, -0.1) is 0 Å². The van der Waals surface area contributed by atoms with Gasteiger partial charge in [-0.25, -0.2) is 0 Å². The largest absolute Gasteiger partial charge is 0.469 e. The minimum Gasteiger partial charge on any atom is -0.469 e. The Morgan fingerprint density at radius 1 is 1.47 bits per heavy atom. The fourth-order valence-electron chi connectivity index (χ4n) is 1.99. The van der Waals surface area contributed by atoms with E-state index in [1.54, 1.807) is 13.4 Å². The molecule has 1 N–H and O–H groups in total. The summed E-state index contributed by atoms with van der Waals surface area (Å²) < 4.78 is 11.1. The molecule has 2 unspecified atom stereocenters. The second kappa shape index (κ2) is 6.82. The summed E-state index contributed by atoms with van der Waals surface area (Å²) in [5.41, 5.74) is -0.151. The van der Waals surface area contributed by atoms with E-state index in [-0.39, 0.29) is 11.6 Å². The molecule has 0 saturated carbocycles. The summed E-state index contributed by atoms with van der Waals surface area (Å²) >= 11 is 0. The normalized spacial score (nSPS) is 16.7. The summed E-state index contributed by atoms with van der Waals surface area (Å²) in [4.78, 5) is 0. The molecule has 0 aliphatic heterocycles. The molecule has 0 radical (unpaired) electrons. The summed E-state index contributed by atoms with van der Waals surface area (Å²) in [5.74, 6) is 1.01. The molecule has 1 aromatic rings. The molecule has 0 amide bonds. The van der Waals surface area contributed by atoms with E-state index in [1.165, 1.54) is 0 Å². The average Bonchev–Trinajstić information content (AvgIpc) is 2.86. The number of ether oxygens (including phenoxy) is 1. The van der Waals surface area contributed by atoms with Gasteiger partial charge in [0.1, 0.15) is 5.76 Å². The first-order chi connectivity index (χ1) is 8.16. The first kappa shape index (κ1) is 14.3. The number of methoxy groups -OCH3 is 1. The molecule has 0 aliphatic rings. The van der Waals surface area contributed by atoms with Crippen LogP contribution in [-0.4, -0.2) is 25.3 Å². The van der Waals surface area contributed by atoms with Crippen LogP contribution in [0.3, 0.4) is 0 Å². The highest BCUT2D eigenvalue weighted by Gasteiger charge is 2.32. The highest BCUT2D eigenvalue weighted by molar-refractivity contribution is 5.04. The number of nitrogens with one attached hydrogen (secondary N) is 1. The van der Waals surface area contributed by atoms with Crippen molar-refractivity contribution in [2.75, 3.05) is 13.7 Å². The van der Waals surface area contributed by atoms with Gasteiger partial charge < -0.3 is 14.5 Å². The molecule has 3 nitrogen and oxygen atoms in total. The van der Waals surface area contributed by atoms with Crippen molar-refractivity contribution in [3.05, 3.63) is 24.2 Å². The van der Waals surface area contributed by atoms with Crippen LogP contribution in [0.15, 0.2) is 22.8 Å². The van der Waals surface area contributed by atoms with Crippen molar-refractivity contribution in [1.29, 1.82) is 0 Å². The van der Waals surface area contributed by atoms with Gasteiger partial charge >= 0.3 is 0 Å². The van der Waals surface area contributed by atoms with Crippen molar-refractivity contribution >= 4 is 0 Å². The van der Waals surface area contributed by atoms with Crippen LogP contribution in [0, 0.1) is 0 Å². The zero-order chi connectivity index (χ0) is 12.7. The van der Waals surface area contributed by atoms with Gasteiger partial charge in [0, 0.05) is 19.6 Å². The van der Waals surface area contributed by atoms with Crippen LogP contribution in [0.1, 0.15) is 39.4 Å². The van der Waals surface area contributed by atoms with Gasteiger partial charge in [-0.1, -0.05) is 13.8 Å². The van der Waals surface area contributed by atoms with Gasteiger partial charge in [0.05, 0.1) is 11.9 Å². The van der Waals surface area contributed by atoms with E-state index in [0.717, 1.165) is 31.6 Å². The molecule has 17 heavy (non-hydrogen) atoms. The van der Waals surface area contributed by atoms with E-state index >= 15 is 0 Å². The van der Waals surface area contributed by atoms with E-state index in [9.17, 15) is 0 Å². The van der Waals surface area contributed by atoms with E-state index < -0.39 is 0 Å². The molecule has 0 bridgehead atoms. The maximum Gasteiger partial charge on any atom is 0.105 e. The monoisotopic (exact) mass is 239 g/mol. The van der Waals surface area contributed by atoms with Gasteiger partial charge in [0.15, 0.2) is 0 Å². The van der Waals surface area contributed by atoms with Crippen LogP contribution < -0.4 is 5.32 Å². The van der Waals surface area contributed by atoms with Gasteiger partial charge in [-0.2, -0.15) is 0 Å². The molecule has 0 aromatic carbocycles. The third kappa shape index (κ3) is 3.86. The van der Waals surface area contributed by atoms with Crippen LogP contribution in [0.2, 0.25) is 0 Å². The van der Waals surface area contributed by atoms with Crippen molar-refractivity contribution in [3.8, 4) is 0 Å². The summed E-state index contributed by atoms with van der Waals surface area (Å²) in [5, 5.41) is 3.57. The molecule has 1 heterocycles. The first-order valence-electron chi connectivity index (χ1n) is 6.47. The Hall–Kier alpha value is -0.800. The Labute approximate surface area is 105 Å². The molecule has 1 aromatic heterocycles. The minimum absolute atomic E-state index is 0.151.